The van der Waals surface area contributed by atoms with Gasteiger partial charge in [0.1, 0.15) is 11.0 Å². The van der Waals surface area contributed by atoms with E-state index < -0.39 is 13.6 Å². The second-order valence-corrected chi connectivity index (χ2v) is 6.04. The first-order chi connectivity index (χ1) is 9.95. The van der Waals surface area contributed by atoms with Gasteiger partial charge in [-0.1, -0.05) is 6.92 Å². The fraction of sp³-hybridized carbons (Fsp3) is 0.615. The number of esters is 1. The number of aromatic nitrogens is 1. The molecule has 0 unspecified atom stereocenters. The number of carbonyl (C=O) groups is 1. The predicted molar refractivity (Wildman–Crippen MR) is 78.3 cm³/mol. The molecule has 0 saturated heterocycles. The monoisotopic (exact) mass is 319 g/mol. The zero-order chi connectivity index (χ0) is 16.0. The van der Waals surface area contributed by atoms with Gasteiger partial charge in [0, 0.05) is 5.56 Å². The van der Waals surface area contributed by atoms with Crippen LogP contribution < -0.4 is 5.44 Å². The molecule has 1 aromatic rings. The molecule has 0 aromatic carbocycles. The molecule has 0 amide bonds. The van der Waals surface area contributed by atoms with Gasteiger partial charge in [-0.25, -0.2) is 4.79 Å². The SMILES string of the molecule is CCOC(=O)c1c(O)[nH]c(P(=O)(OCC)OCC)c1CC. The van der Waals surface area contributed by atoms with Crippen LogP contribution in [0.15, 0.2) is 0 Å². The highest BCUT2D eigenvalue weighted by molar-refractivity contribution is 7.62. The smallest absolute Gasteiger partial charge is 0.377 e. The minimum atomic E-state index is -3.61. The van der Waals surface area contributed by atoms with E-state index in [-0.39, 0.29) is 36.7 Å². The molecule has 0 aliphatic heterocycles. The van der Waals surface area contributed by atoms with Crippen LogP contribution in [0.2, 0.25) is 0 Å². The summed E-state index contributed by atoms with van der Waals surface area (Å²) in [5.74, 6) is -1.06. The van der Waals surface area contributed by atoms with E-state index in [2.05, 4.69) is 4.98 Å². The van der Waals surface area contributed by atoms with E-state index in [1.165, 1.54) is 0 Å². The van der Waals surface area contributed by atoms with Crippen LogP contribution in [0.3, 0.4) is 0 Å². The summed E-state index contributed by atoms with van der Waals surface area (Å²) in [5.41, 5.74) is 0.472. The Balaban J connectivity index is 3.40. The maximum absolute atomic E-state index is 12.8. The average molecular weight is 319 g/mol. The maximum Gasteiger partial charge on any atom is 0.377 e. The highest BCUT2D eigenvalue weighted by atomic mass is 31.2. The largest absolute Gasteiger partial charge is 0.494 e. The lowest BCUT2D eigenvalue weighted by Gasteiger charge is -2.17. The number of aromatic hydroxyl groups is 1. The zero-order valence-electron chi connectivity index (χ0n) is 12.8. The molecule has 0 saturated carbocycles. The highest BCUT2D eigenvalue weighted by Gasteiger charge is 2.36. The molecule has 7 nitrogen and oxygen atoms in total. The van der Waals surface area contributed by atoms with E-state index in [0.29, 0.717) is 12.0 Å². The molecule has 8 heteroatoms. The lowest BCUT2D eigenvalue weighted by Crippen LogP contribution is -2.17. The van der Waals surface area contributed by atoms with Gasteiger partial charge in [-0.3, -0.25) is 4.57 Å². The maximum atomic E-state index is 12.8. The molecule has 21 heavy (non-hydrogen) atoms. The number of hydrogen-bond donors (Lipinski definition) is 2. The van der Waals surface area contributed by atoms with Crippen molar-refractivity contribution in [2.75, 3.05) is 19.8 Å². The molecule has 2 N–H and O–H groups in total. The molecule has 1 rings (SSSR count). The minimum Gasteiger partial charge on any atom is -0.494 e. The minimum absolute atomic E-state index is 0.0195. The van der Waals surface area contributed by atoms with Gasteiger partial charge < -0.3 is 23.9 Å². The van der Waals surface area contributed by atoms with E-state index in [1.807, 2.05) is 0 Å². The van der Waals surface area contributed by atoms with Gasteiger partial charge in [0.15, 0.2) is 0 Å². The number of aromatic amines is 1. The van der Waals surface area contributed by atoms with Crippen molar-refractivity contribution in [3.05, 3.63) is 11.1 Å². The third-order valence-corrected chi connectivity index (χ3v) is 4.89. The number of carbonyl (C=O) groups excluding carboxylic acids is 1. The van der Waals surface area contributed by atoms with Crippen molar-refractivity contribution in [3.8, 4) is 5.88 Å². The summed E-state index contributed by atoms with van der Waals surface area (Å²) in [6.45, 7) is 7.34. The number of nitrogens with one attached hydrogen (secondary N) is 1. The summed E-state index contributed by atoms with van der Waals surface area (Å²) in [4.78, 5) is 14.5. The van der Waals surface area contributed by atoms with Crippen molar-refractivity contribution in [2.45, 2.75) is 34.1 Å². The third kappa shape index (κ3) is 3.67. The fourth-order valence-corrected chi connectivity index (χ4v) is 3.87. The quantitative estimate of drug-likeness (QED) is 0.564. The Labute approximate surface area is 124 Å². The van der Waals surface area contributed by atoms with E-state index in [1.54, 1.807) is 27.7 Å². The van der Waals surface area contributed by atoms with Gasteiger partial charge in [0.25, 0.3) is 0 Å². The Morgan fingerprint density at radius 3 is 2.14 bits per heavy atom. The van der Waals surface area contributed by atoms with Crippen molar-refractivity contribution >= 4 is 19.0 Å². The number of rotatable bonds is 8. The van der Waals surface area contributed by atoms with Crippen molar-refractivity contribution in [1.82, 2.24) is 4.98 Å². The third-order valence-electron chi connectivity index (χ3n) is 2.77. The molecule has 120 valence electrons. The summed E-state index contributed by atoms with van der Waals surface area (Å²) in [6, 6.07) is 0. The molecule has 0 atom stereocenters. The number of H-pyrrole nitrogens is 1. The molecular formula is C13H22NO6P. The summed E-state index contributed by atoms with van der Waals surface area (Å²) >= 11 is 0. The fourth-order valence-electron chi connectivity index (χ4n) is 2.02. The molecule has 1 aromatic heterocycles. The topological polar surface area (TPSA) is 97.9 Å². The standard InChI is InChI=1S/C13H22NO6P/c1-5-9-10(13(16)18-6-2)11(15)14-12(9)21(17,19-7-3)20-8-4/h14-15H,5-8H2,1-4H3. The highest BCUT2D eigenvalue weighted by Crippen LogP contribution is 2.48. The predicted octanol–water partition coefficient (Wildman–Crippen LogP) is 2.35. The molecule has 0 bridgehead atoms. The van der Waals surface area contributed by atoms with Crippen LogP contribution in [-0.2, 0) is 24.8 Å². The van der Waals surface area contributed by atoms with Gasteiger partial charge in [-0.2, -0.15) is 0 Å². The zero-order valence-corrected chi connectivity index (χ0v) is 13.7. The molecule has 0 radical (unpaired) electrons. The normalized spacial score (nSPS) is 11.6. The Morgan fingerprint density at radius 2 is 1.71 bits per heavy atom. The van der Waals surface area contributed by atoms with Crippen molar-refractivity contribution < 1.29 is 28.3 Å². The molecule has 0 aliphatic rings. The van der Waals surface area contributed by atoms with E-state index in [9.17, 15) is 14.5 Å². The summed E-state index contributed by atoms with van der Waals surface area (Å²) in [7, 11) is -3.61. The first-order valence-corrected chi connectivity index (χ1v) is 8.49. The van der Waals surface area contributed by atoms with Crippen molar-refractivity contribution in [3.63, 3.8) is 0 Å². The molecular weight excluding hydrogens is 297 g/mol. The van der Waals surface area contributed by atoms with E-state index >= 15 is 0 Å². The van der Waals surface area contributed by atoms with E-state index in [0.717, 1.165) is 0 Å². The lowest BCUT2D eigenvalue weighted by molar-refractivity contribution is 0.0522. The number of hydrogen-bond acceptors (Lipinski definition) is 6. The first-order valence-electron chi connectivity index (χ1n) is 6.95. The summed E-state index contributed by atoms with van der Waals surface area (Å²) < 4.78 is 28.2. The van der Waals surface area contributed by atoms with Crippen LogP contribution in [0.25, 0.3) is 0 Å². The Hall–Kier alpha value is -1.30. The Bertz CT molecular complexity index is 529. The van der Waals surface area contributed by atoms with Crippen LogP contribution >= 0.6 is 7.60 Å². The van der Waals surface area contributed by atoms with Gasteiger partial charge in [-0.05, 0) is 27.2 Å². The van der Waals surface area contributed by atoms with Gasteiger partial charge in [0.2, 0.25) is 5.88 Å². The Morgan fingerprint density at radius 1 is 1.14 bits per heavy atom. The van der Waals surface area contributed by atoms with Gasteiger partial charge in [0.05, 0.1) is 19.8 Å². The van der Waals surface area contributed by atoms with Crippen LogP contribution in [0.4, 0.5) is 0 Å². The molecule has 0 spiro atoms. The van der Waals surface area contributed by atoms with Gasteiger partial charge in [-0.15, -0.1) is 0 Å². The van der Waals surface area contributed by atoms with Crippen molar-refractivity contribution in [1.29, 1.82) is 0 Å². The summed E-state index contributed by atoms with van der Waals surface area (Å²) in [6.07, 6.45) is 0.366. The average Bonchev–Trinajstić information content (AvgIpc) is 2.77. The second-order valence-electron chi connectivity index (χ2n) is 4.08. The Kier molecular flexibility index (Phi) is 6.45. The lowest BCUT2D eigenvalue weighted by atomic mass is 10.1. The van der Waals surface area contributed by atoms with Crippen LogP contribution in [0, 0.1) is 0 Å². The van der Waals surface area contributed by atoms with Crippen LogP contribution in [0.5, 0.6) is 5.88 Å². The second kappa shape index (κ2) is 7.64. The van der Waals surface area contributed by atoms with Crippen LogP contribution in [0.1, 0.15) is 43.6 Å². The molecule has 0 aliphatic carbocycles. The van der Waals surface area contributed by atoms with Crippen molar-refractivity contribution in [2.24, 2.45) is 0 Å². The number of ether oxygens (including phenoxy) is 1. The van der Waals surface area contributed by atoms with Crippen LogP contribution in [-0.4, -0.2) is 35.9 Å². The van der Waals surface area contributed by atoms with E-state index in [4.69, 9.17) is 13.8 Å². The molecule has 0 fully saturated rings. The molecule has 1 heterocycles. The van der Waals surface area contributed by atoms with Gasteiger partial charge >= 0.3 is 13.6 Å². The first kappa shape index (κ1) is 17.8. The summed E-state index contributed by atoms with van der Waals surface area (Å²) in [5, 5.41) is 9.95.